The first-order valence-corrected chi connectivity index (χ1v) is 15.9. The number of allylic oxidation sites excluding steroid dienone is 1. The summed E-state index contributed by atoms with van der Waals surface area (Å²) in [6.07, 6.45) is 9.12. The van der Waals surface area contributed by atoms with Gasteiger partial charge in [0.1, 0.15) is 17.2 Å². The van der Waals surface area contributed by atoms with Crippen LogP contribution in [0, 0.1) is 11.8 Å². The highest BCUT2D eigenvalue weighted by Crippen LogP contribution is 2.45. The molecule has 226 valence electrons. The van der Waals surface area contributed by atoms with Crippen LogP contribution in [0.25, 0.3) is 0 Å². The Morgan fingerprint density at radius 1 is 1.20 bits per heavy atom. The Hall–Kier alpha value is -2.60. The van der Waals surface area contributed by atoms with E-state index in [-0.39, 0.29) is 24.3 Å². The van der Waals surface area contributed by atoms with Crippen LogP contribution >= 0.6 is 0 Å². The molecule has 0 aromatic heterocycles. The molecular formula is C28H47N5O6S. The van der Waals surface area contributed by atoms with E-state index in [4.69, 9.17) is 4.74 Å². The number of carbonyl (C=O) groups excluding carboxylic acids is 3. The molecule has 0 radical (unpaired) electrons. The Labute approximate surface area is 239 Å². The predicted molar refractivity (Wildman–Crippen MR) is 153 cm³/mol. The van der Waals surface area contributed by atoms with Gasteiger partial charge in [0, 0.05) is 24.7 Å². The van der Waals surface area contributed by atoms with Crippen LogP contribution in [0.5, 0.6) is 0 Å². The van der Waals surface area contributed by atoms with Crippen molar-refractivity contribution in [3.8, 4) is 0 Å². The molecule has 0 unspecified atom stereocenters. The van der Waals surface area contributed by atoms with Crippen LogP contribution in [-0.4, -0.2) is 67.5 Å². The van der Waals surface area contributed by atoms with Crippen molar-refractivity contribution < 1.29 is 27.5 Å². The van der Waals surface area contributed by atoms with E-state index in [1.165, 1.54) is 0 Å². The largest absolute Gasteiger partial charge is 0.444 e. The van der Waals surface area contributed by atoms with Gasteiger partial charge in [-0.25, -0.2) is 9.52 Å². The minimum atomic E-state index is -4.08. The molecule has 0 spiro atoms. The molecule has 4 N–H and O–H groups in total. The zero-order valence-corrected chi connectivity index (χ0v) is 25.4. The number of carbonyl (C=O) groups is 3. The van der Waals surface area contributed by atoms with E-state index in [0.717, 1.165) is 32.1 Å². The van der Waals surface area contributed by atoms with Crippen LogP contribution in [-0.2, 0) is 24.5 Å². The second-order valence-electron chi connectivity index (χ2n) is 12.6. The second-order valence-corrected chi connectivity index (χ2v) is 14.1. The van der Waals surface area contributed by atoms with E-state index in [0.29, 0.717) is 31.5 Å². The highest BCUT2D eigenvalue weighted by atomic mass is 32.2. The number of fused-ring (bicyclic) bond motifs is 2. The molecule has 40 heavy (non-hydrogen) atoms. The number of hydrogen-bond donors (Lipinski definition) is 4. The molecule has 12 heteroatoms. The van der Waals surface area contributed by atoms with Gasteiger partial charge >= 0.3 is 16.3 Å². The van der Waals surface area contributed by atoms with E-state index < -0.39 is 45.4 Å². The SMILES string of the molecule is C=C1[C@@H](NC(=O)OC(C)(C)C)CCCCC/C=C\[C@@H]2C[C@@]2(C(=O)NS(=O)(=O)NCC(C)C)NC(=O)[C@@H]2CCCN12. The van der Waals surface area contributed by atoms with Crippen molar-refractivity contribution >= 4 is 28.1 Å². The number of nitrogens with zero attached hydrogens (tertiary/aromatic N) is 1. The molecule has 1 saturated carbocycles. The maximum atomic E-state index is 13.6. The van der Waals surface area contributed by atoms with Gasteiger partial charge in [-0.15, -0.1) is 0 Å². The molecule has 1 aliphatic carbocycles. The van der Waals surface area contributed by atoms with E-state index in [2.05, 4.69) is 26.7 Å². The monoisotopic (exact) mass is 581 g/mol. The van der Waals surface area contributed by atoms with Crippen molar-refractivity contribution in [2.75, 3.05) is 13.1 Å². The Morgan fingerprint density at radius 3 is 2.60 bits per heavy atom. The molecule has 3 rings (SSSR count). The quantitative estimate of drug-likeness (QED) is 0.353. The van der Waals surface area contributed by atoms with Crippen molar-refractivity contribution in [2.45, 2.75) is 109 Å². The van der Waals surface area contributed by atoms with Crippen LogP contribution in [0.3, 0.4) is 0 Å². The Morgan fingerprint density at radius 2 is 1.93 bits per heavy atom. The first kappa shape index (κ1) is 31.9. The van der Waals surface area contributed by atoms with E-state index in [1.807, 2.05) is 30.9 Å². The lowest BCUT2D eigenvalue weighted by Crippen LogP contribution is -2.57. The summed E-state index contributed by atoms with van der Waals surface area (Å²) in [6.45, 7) is 14.2. The maximum Gasteiger partial charge on any atom is 0.408 e. The van der Waals surface area contributed by atoms with Crippen molar-refractivity contribution in [1.82, 2.24) is 25.0 Å². The molecule has 0 aromatic rings. The predicted octanol–water partition coefficient (Wildman–Crippen LogP) is 2.86. The number of nitrogens with one attached hydrogen (secondary N) is 4. The van der Waals surface area contributed by atoms with Crippen LogP contribution in [0.1, 0.15) is 86.0 Å². The van der Waals surface area contributed by atoms with Gasteiger partial charge < -0.3 is 20.3 Å². The fourth-order valence-corrected chi connectivity index (χ4v) is 6.26. The van der Waals surface area contributed by atoms with Gasteiger partial charge in [0.2, 0.25) is 5.91 Å². The van der Waals surface area contributed by atoms with E-state index in [9.17, 15) is 22.8 Å². The van der Waals surface area contributed by atoms with Gasteiger partial charge in [-0.05, 0) is 65.2 Å². The highest BCUT2D eigenvalue weighted by Gasteiger charge is 2.61. The molecule has 0 aromatic carbocycles. The summed E-state index contributed by atoms with van der Waals surface area (Å²) in [4.78, 5) is 41.5. The molecule has 1 saturated heterocycles. The summed E-state index contributed by atoms with van der Waals surface area (Å²) in [5.41, 5.74) is -1.37. The molecule has 2 heterocycles. The molecule has 2 fully saturated rings. The summed E-state index contributed by atoms with van der Waals surface area (Å²) < 4.78 is 35.0. The standard InChI is InChI=1S/C28H47N5O6S/c1-19(2)18-29-40(37,38)32-25(35)28-17-21(28)13-10-8-7-9-11-14-22(30-26(36)39-27(4,5)6)20(3)33-16-12-15-23(33)24(34)31-28/h10,13,19,21-23,29H,3,7-9,11-12,14-18H2,1-2,4-6H3,(H,30,36)(H,31,34)(H,32,35)/b13-10-/t21-,22+,23+,28-/m1/s1. The van der Waals surface area contributed by atoms with Gasteiger partial charge in [0.15, 0.2) is 0 Å². The zero-order chi connectivity index (χ0) is 29.7. The zero-order valence-electron chi connectivity index (χ0n) is 24.5. The fraction of sp³-hybridized carbons (Fsp3) is 0.750. The number of amides is 3. The molecule has 11 nitrogen and oxygen atoms in total. The van der Waals surface area contributed by atoms with Crippen molar-refractivity contribution in [3.63, 3.8) is 0 Å². The minimum Gasteiger partial charge on any atom is -0.444 e. The van der Waals surface area contributed by atoms with Crippen molar-refractivity contribution in [2.24, 2.45) is 11.8 Å². The van der Waals surface area contributed by atoms with Gasteiger partial charge in [0.05, 0.1) is 6.04 Å². The number of alkyl carbamates (subject to hydrolysis) is 1. The van der Waals surface area contributed by atoms with Crippen LogP contribution < -0.4 is 20.1 Å². The average molecular weight is 582 g/mol. The lowest BCUT2D eigenvalue weighted by atomic mass is 10.0. The fourth-order valence-electron chi connectivity index (χ4n) is 5.21. The van der Waals surface area contributed by atoms with Crippen LogP contribution in [0.2, 0.25) is 0 Å². The molecular weight excluding hydrogens is 534 g/mol. The second kappa shape index (κ2) is 12.9. The van der Waals surface area contributed by atoms with Crippen LogP contribution in [0.15, 0.2) is 24.4 Å². The summed E-state index contributed by atoms with van der Waals surface area (Å²) in [5, 5.41) is 5.86. The highest BCUT2D eigenvalue weighted by molar-refractivity contribution is 7.88. The number of ether oxygens (including phenoxy) is 1. The third-order valence-corrected chi connectivity index (χ3v) is 8.43. The van der Waals surface area contributed by atoms with E-state index >= 15 is 0 Å². The third kappa shape index (κ3) is 8.70. The minimum absolute atomic E-state index is 0.0645. The van der Waals surface area contributed by atoms with Crippen molar-refractivity contribution in [3.05, 3.63) is 24.4 Å². The lowest BCUT2D eigenvalue weighted by Gasteiger charge is -2.34. The summed E-state index contributed by atoms with van der Waals surface area (Å²) in [7, 11) is -4.08. The summed E-state index contributed by atoms with van der Waals surface area (Å²) >= 11 is 0. The number of rotatable bonds is 6. The summed E-state index contributed by atoms with van der Waals surface area (Å²) in [5.74, 6) is -1.34. The normalized spacial score (nSPS) is 28.9. The lowest BCUT2D eigenvalue weighted by molar-refractivity contribution is -0.131. The molecule has 3 aliphatic rings. The molecule has 0 bridgehead atoms. The molecule has 4 atom stereocenters. The van der Waals surface area contributed by atoms with Gasteiger partial charge in [0.25, 0.3) is 5.91 Å². The Bertz CT molecular complexity index is 1100. The topological polar surface area (TPSA) is 146 Å². The Balaban J connectivity index is 1.81. The number of hydrogen-bond acceptors (Lipinski definition) is 7. The van der Waals surface area contributed by atoms with Gasteiger partial charge in [-0.2, -0.15) is 13.1 Å². The van der Waals surface area contributed by atoms with Gasteiger partial charge in [-0.1, -0.05) is 45.4 Å². The van der Waals surface area contributed by atoms with Gasteiger partial charge in [-0.3, -0.25) is 9.59 Å². The maximum absolute atomic E-state index is 13.6. The first-order chi connectivity index (χ1) is 18.6. The Kier molecular flexibility index (Phi) is 10.3. The van der Waals surface area contributed by atoms with E-state index in [1.54, 1.807) is 20.8 Å². The third-order valence-electron chi connectivity index (χ3n) is 7.42. The average Bonchev–Trinajstić information content (AvgIpc) is 3.29. The molecule has 2 aliphatic heterocycles. The smallest absolute Gasteiger partial charge is 0.408 e. The summed E-state index contributed by atoms with van der Waals surface area (Å²) in [6, 6.07) is -1.00. The molecule has 3 amide bonds. The van der Waals surface area contributed by atoms with Crippen LogP contribution in [0.4, 0.5) is 4.79 Å². The van der Waals surface area contributed by atoms with Crippen molar-refractivity contribution in [1.29, 1.82) is 0 Å². The first-order valence-electron chi connectivity index (χ1n) is 14.4.